The van der Waals surface area contributed by atoms with Crippen molar-refractivity contribution in [2.75, 3.05) is 153 Å². The molecule has 6 amide bonds. The van der Waals surface area contributed by atoms with Crippen LogP contribution in [0.5, 0.6) is 23.0 Å². The number of fused-ring (bicyclic) bond motifs is 4. The molecule has 36 heteroatoms. The monoisotopic (exact) mass is 2100 g/mol. The van der Waals surface area contributed by atoms with Gasteiger partial charge in [-0.2, -0.15) is 21.0 Å². The fourth-order valence-electron chi connectivity index (χ4n) is 19.6. The summed E-state index contributed by atoms with van der Waals surface area (Å²) in [4.78, 5) is 96.3. The number of rotatable bonds is 15. The van der Waals surface area contributed by atoms with E-state index in [1.165, 1.54) is 58.3 Å². The van der Waals surface area contributed by atoms with Crippen molar-refractivity contribution in [2.24, 2.45) is 21.7 Å². The fourth-order valence-corrected chi connectivity index (χ4v) is 20.9. The topological polar surface area (TPSA) is 306 Å². The van der Waals surface area contributed by atoms with Crippen molar-refractivity contribution in [1.82, 2.24) is 19.6 Å². The first kappa shape index (κ1) is 104. The quantitative estimate of drug-likeness (QED) is 0.0901. The molecular weight excluding hydrogens is 1980 g/mol. The normalized spacial score (nSPS) is 20.3. The van der Waals surface area contributed by atoms with Gasteiger partial charge in [0.15, 0.2) is 24.4 Å². The highest BCUT2D eigenvalue weighted by Crippen LogP contribution is 2.49. The Morgan fingerprint density at radius 1 is 0.364 bits per heavy atom. The summed E-state index contributed by atoms with van der Waals surface area (Å²) in [5.74, 6) is 0.182. The second kappa shape index (κ2) is 43.7. The lowest BCUT2D eigenvalue weighted by molar-refractivity contribution is -0.141. The average molecular weight is 2100 g/mol. The Morgan fingerprint density at radius 3 is 0.881 bits per heavy atom. The number of benzene rings is 8. The highest BCUT2D eigenvalue weighted by molar-refractivity contribution is 9.10. The van der Waals surface area contributed by atoms with Gasteiger partial charge < -0.3 is 73.4 Å². The minimum absolute atomic E-state index is 0.0182. The van der Waals surface area contributed by atoms with Crippen LogP contribution in [-0.2, 0) is 54.3 Å². The zero-order valence-electron chi connectivity index (χ0n) is 80.6. The molecule has 0 aromatic heterocycles. The van der Waals surface area contributed by atoms with Gasteiger partial charge in [0.2, 0.25) is 0 Å². The van der Waals surface area contributed by atoms with Gasteiger partial charge in [-0.15, -0.1) is 0 Å². The van der Waals surface area contributed by atoms with E-state index in [1.54, 1.807) is 134 Å². The summed E-state index contributed by atoms with van der Waals surface area (Å²) < 4.78 is 89.4. The maximum atomic E-state index is 13.7. The highest BCUT2D eigenvalue weighted by atomic mass is 79.9. The molecule has 0 spiro atoms. The van der Waals surface area contributed by atoms with Crippen LogP contribution in [0.3, 0.4) is 0 Å². The van der Waals surface area contributed by atoms with E-state index in [-0.39, 0.29) is 60.0 Å². The van der Waals surface area contributed by atoms with Gasteiger partial charge in [-0.25, -0.2) is 27.2 Å². The summed E-state index contributed by atoms with van der Waals surface area (Å²) in [7, 11) is 0. The molecule has 11 aliphatic rings. The van der Waals surface area contributed by atoms with Crippen LogP contribution in [0.1, 0.15) is 134 Å². The third kappa shape index (κ3) is 24.5. The van der Waals surface area contributed by atoms with Crippen LogP contribution in [0, 0.1) is 90.3 Å². The molecular formula is C107H114BrCl4F4N15O12. The molecule has 0 bridgehead atoms. The van der Waals surface area contributed by atoms with Crippen LogP contribution >= 0.6 is 62.3 Å². The van der Waals surface area contributed by atoms with Crippen LogP contribution in [0.2, 0.25) is 20.1 Å². The summed E-state index contributed by atoms with van der Waals surface area (Å²) in [5, 5.41) is 48.6. The van der Waals surface area contributed by atoms with Crippen molar-refractivity contribution in [3.63, 3.8) is 0 Å². The number of nitrogens with one attached hydrogen (secondary N) is 2. The molecule has 143 heavy (non-hydrogen) atoms. The number of likely N-dealkylation sites (tertiary alicyclic amines) is 4. The fraction of sp³-hybridized carbons (Fsp3) is 0.458. The van der Waals surface area contributed by atoms with Crippen LogP contribution in [0.4, 0.5) is 67.0 Å². The van der Waals surface area contributed by atoms with E-state index in [9.17, 15) is 67.4 Å². The van der Waals surface area contributed by atoms with E-state index in [2.05, 4.69) is 65.5 Å². The second-order valence-electron chi connectivity index (χ2n) is 40.6. The summed E-state index contributed by atoms with van der Waals surface area (Å²) in [5.41, 5.74) is 4.99. The standard InChI is InChI=1S/C30H34ClFN4O4.C27H28BrClFN3O4.2C25H26ClFN4O2/c1-29(2,3)40-28(38)36-18-26(39-25-16-23(34-11-4-12-34)22(31)15-24(25)36)27(37)35-13-9-30(19-33,10-14-35)17-20-5-7-21(32)8-6-20;1-26(2,3)37-25(35)33-15-23(36-22-12-19(28)20(29)13-21(22)33)24(34)32-10-8-27(16-31,9-11-32)14-17-4-6-18(30)7-5-17;2*26-19-12-20-22(13-21(19)30-8-1-9-30)33-23(15-29-20)24(32)31-10-6-25(16-28,7-11-31)14-17-2-4-18(27)5-3-17/h5-8,15-16,26H,4,9-14,17-18H2,1-3H3;4-7,12-13,23H,8-11,14-15H2,1-3H3;2*2-5,12-13,23,29H,1,6-11,14-15H2. The summed E-state index contributed by atoms with van der Waals surface area (Å²) in [6, 6.07) is 49.1. The molecule has 7 saturated heterocycles. The summed E-state index contributed by atoms with van der Waals surface area (Å²) in [6.07, 6.45) is 5.42. The molecule has 7 fully saturated rings. The second-order valence-corrected chi connectivity index (χ2v) is 43.1. The first-order chi connectivity index (χ1) is 68.3. The largest absolute Gasteiger partial charge is 0.476 e. The van der Waals surface area contributed by atoms with Crippen molar-refractivity contribution in [3.8, 4) is 47.3 Å². The molecule has 4 unspecified atom stereocenters. The number of piperidine rings is 4. The van der Waals surface area contributed by atoms with Gasteiger partial charge in [0.1, 0.15) is 57.5 Å². The van der Waals surface area contributed by atoms with Gasteiger partial charge in [0.05, 0.1) is 132 Å². The van der Waals surface area contributed by atoms with Crippen LogP contribution in [0.25, 0.3) is 0 Å². The number of hydrogen-bond donors (Lipinski definition) is 2. The Kier molecular flexibility index (Phi) is 31.7. The Bertz CT molecular complexity index is 6060. The maximum Gasteiger partial charge on any atom is 0.415 e. The first-order valence-electron chi connectivity index (χ1n) is 48.5. The van der Waals surface area contributed by atoms with Gasteiger partial charge in [-0.05, 0) is 255 Å². The van der Waals surface area contributed by atoms with E-state index in [4.69, 9.17) is 74.8 Å². The molecule has 4 atom stereocenters. The Morgan fingerprint density at radius 2 is 0.615 bits per heavy atom. The summed E-state index contributed by atoms with van der Waals surface area (Å²) in [6.45, 7) is 20.5. The molecule has 27 nitrogen and oxygen atoms in total. The van der Waals surface area contributed by atoms with Crippen molar-refractivity contribution < 1.29 is 74.8 Å². The van der Waals surface area contributed by atoms with Gasteiger partial charge in [-0.1, -0.05) is 94.9 Å². The molecule has 0 aliphatic carbocycles. The van der Waals surface area contributed by atoms with Gasteiger partial charge in [-0.3, -0.25) is 29.0 Å². The van der Waals surface area contributed by atoms with Gasteiger partial charge >= 0.3 is 12.2 Å². The van der Waals surface area contributed by atoms with Crippen LogP contribution in [-0.4, -0.2) is 209 Å². The molecule has 19 rings (SSSR count). The molecule has 0 saturated carbocycles. The lowest BCUT2D eigenvalue weighted by Gasteiger charge is -2.41. The van der Waals surface area contributed by atoms with E-state index in [0.717, 1.165) is 109 Å². The number of ether oxygens (including phenoxy) is 6. The first-order valence-corrected chi connectivity index (χ1v) is 50.8. The summed E-state index contributed by atoms with van der Waals surface area (Å²) >= 11 is 29.1. The molecule has 2 N–H and O–H groups in total. The number of anilines is 7. The van der Waals surface area contributed by atoms with Crippen LogP contribution in [0.15, 0.2) is 150 Å². The van der Waals surface area contributed by atoms with E-state index >= 15 is 0 Å². The highest BCUT2D eigenvalue weighted by Gasteiger charge is 2.48. The lowest BCUT2D eigenvalue weighted by atomic mass is 9.75. The maximum absolute atomic E-state index is 13.7. The molecule has 752 valence electrons. The lowest BCUT2D eigenvalue weighted by Crippen LogP contribution is -2.54. The number of carbonyl (C=O) groups excluding carboxylic acids is 6. The molecule has 11 aliphatic heterocycles. The minimum Gasteiger partial charge on any atom is -0.476 e. The van der Waals surface area contributed by atoms with Gasteiger partial charge in [0, 0.05) is 114 Å². The van der Waals surface area contributed by atoms with E-state index < -0.39 is 69.5 Å². The number of halogens is 9. The zero-order valence-corrected chi connectivity index (χ0v) is 85.2. The predicted octanol–water partition coefficient (Wildman–Crippen LogP) is 20.2. The molecule has 0 radical (unpaired) electrons. The predicted molar refractivity (Wildman–Crippen MR) is 542 cm³/mol. The third-order valence-corrected chi connectivity index (χ3v) is 30.4. The molecule has 8 aromatic rings. The Hall–Kier alpha value is -12.3. The number of nitriles is 4. The molecule has 11 heterocycles. The van der Waals surface area contributed by atoms with Crippen molar-refractivity contribution >= 4 is 138 Å². The Balaban J connectivity index is 0.000000137. The van der Waals surface area contributed by atoms with Gasteiger partial charge in [0.25, 0.3) is 23.6 Å². The SMILES string of the molecule is CC(C)(C)OC(=O)N1CC(C(=O)N2CCC(C#N)(Cc3ccc(F)cc3)CC2)Oc2cc(Br)c(Cl)cc21.CC(C)(C)OC(=O)N1CC(C(=O)N2CCC(C#N)(Cc3ccc(F)cc3)CC2)Oc2cc(N3CCC3)c(Cl)cc21.N#CC1(Cc2ccc(F)cc2)CCN(C(=O)C2CNc3cc(Cl)c(N4CCC4)cc3O2)CC1.N#CC1(Cc2ccc(F)cc2)CCN(C(=O)C2CNc3cc(Cl)c(N4CCC4)cc3O2)CC1. The third-order valence-electron chi connectivity index (χ3n) is 28.3. The minimum atomic E-state index is -0.945. The Labute approximate surface area is 858 Å². The van der Waals surface area contributed by atoms with Crippen LogP contribution < -0.4 is 54.1 Å². The average Bonchev–Trinajstić information content (AvgIpc) is 0.765. The van der Waals surface area contributed by atoms with Crippen molar-refractivity contribution in [2.45, 2.75) is 173 Å². The number of hydrogen-bond acceptors (Lipinski definition) is 21. The molecule has 8 aromatic carbocycles. The van der Waals surface area contributed by atoms with E-state index in [1.807, 2.05) is 24.3 Å². The number of amides is 6. The smallest absolute Gasteiger partial charge is 0.415 e. The van der Waals surface area contributed by atoms with Crippen molar-refractivity contribution in [1.29, 1.82) is 21.0 Å². The van der Waals surface area contributed by atoms with Crippen molar-refractivity contribution in [3.05, 3.63) is 216 Å². The zero-order chi connectivity index (χ0) is 102. The number of nitrogens with zero attached hydrogens (tertiary/aromatic N) is 13. The van der Waals surface area contributed by atoms with E-state index in [0.29, 0.717) is 201 Å². The number of carbonyl (C=O) groups is 6.